The van der Waals surface area contributed by atoms with Crippen LogP contribution in [-0.4, -0.2) is 17.3 Å². The molecular formula is C12H15N3O. The van der Waals surface area contributed by atoms with E-state index in [1.165, 1.54) is 0 Å². The van der Waals surface area contributed by atoms with Crippen LogP contribution in [0.15, 0.2) is 30.5 Å². The first kappa shape index (κ1) is 10.7. The van der Waals surface area contributed by atoms with Crippen LogP contribution in [0.1, 0.15) is 18.5 Å². The summed E-state index contributed by atoms with van der Waals surface area (Å²) in [6.45, 7) is 1.94. The molecule has 4 nitrogen and oxygen atoms in total. The van der Waals surface area contributed by atoms with Gasteiger partial charge in [-0.1, -0.05) is 12.1 Å². The lowest BCUT2D eigenvalue weighted by Crippen LogP contribution is -2.05. The summed E-state index contributed by atoms with van der Waals surface area (Å²) in [6, 6.07) is 7.77. The predicted octanol–water partition coefficient (Wildman–Crippen LogP) is 2.10. The van der Waals surface area contributed by atoms with E-state index < -0.39 is 0 Å². The summed E-state index contributed by atoms with van der Waals surface area (Å²) in [7, 11) is 1.65. The predicted molar refractivity (Wildman–Crippen MR) is 63.2 cm³/mol. The fraction of sp³-hybridized carbons (Fsp3) is 0.250. The van der Waals surface area contributed by atoms with Crippen molar-refractivity contribution in [2.45, 2.75) is 13.0 Å². The molecule has 0 fully saturated rings. The van der Waals surface area contributed by atoms with E-state index in [0.717, 1.165) is 22.6 Å². The number of aromatic nitrogens is 2. The summed E-state index contributed by atoms with van der Waals surface area (Å²) >= 11 is 0. The first-order chi connectivity index (χ1) is 7.72. The third-order valence-corrected chi connectivity index (χ3v) is 2.52. The van der Waals surface area contributed by atoms with E-state index in [1.807, 2.05) is 31.2 Å². The molecule has 0 amide bonds. The monoisotopic (exact) mass is 217 g/mol. The van der Waals surface area contributed by atoms with Crippen LogP contribution in [-0.2, 0) is 0 Å². The summed E-state index contributed by atoms with van der Waals surface area (Å²) < 4.78 is 5.19. The molecule has 0 aliphatic carbocycles. The van der Waals surface area contributed by atoms with Crippen LogP contribution in [0.3, 0.4) is 0 Å². The van der Waals surface area contributed by atoms with E-state index in [9.17, 15) is 0 Å². The zero-order valence-corrected chi connectivity index (χ0v) is 9.40. The average molecular weight is 217 g/mol. The number of nitrogens with two attached hydrogens (primary N) is 1. The van der Waals surface area contributed by atoms with Gasteiger partial charge in [-0.25, -0.2) is 0 Å². The van der Waals surface area contributed by atoms with Gasteiger partial charge < -0.3 is 10.5 Å². The Bertz CT molecular complexity index is 477. The second-order valence-corrected chi connectivity index (χ2v) is 3.72. The summed E-state index contributed by atoms with van der Waals surface area (Å²) in [6.07, 6.45) is 1.76. The van der Waals surface area contributed by atoms with Crippen molar-refractivity contribution in [2.24, 2.45) is 5.73 Å². The van der Waals surface area contributed by atoms with Crippen molar-refractivity contribution in [3.05, 3.63) is 36.0 Å². The van der Waals surface area contributed by atoms with Gasteiger partial charge in [-0.05, 0) is 19.1 Å². The number of hydrogen-bond acceptors (Lipinski definition) is 3. The molecule has 2 rings (SSSR count). The second kappa shape index (κ2) is 4.37. The van der Waals surface area contributed by atoms with Crippen LogP contribution >= 0.6 is 0 Å². The molecule has 1 atom stereocenters. The molecule has 84 valence electrons. The van der Waals surface area contributed by atoms with Gasteiger partial charge in [0.1, 0.15) is 5.75 Å². The van der Waals surface area contributed by atoms with Crippen LogP contribution in [0.2, 0.25) is 0 Å². The van der Waals surface area contributed by atoms with Crippen LogP contribution in [0, 0.1) is 0 Å². The highest BCUT2D eigenvalue weighted by Gasteiger charge is 2.11. The molecule has 0 spiro atoms. The van der Waals surface area contributed by atoms with Crippen molar-refractivity contribution in [2.75, 3.05) is 7.11 Å². The molecular weight excluding hydrogens is 202 g/mol. The first-order valence-corrected chi connectivity index (χ1v) is 5.15. The van der Waals surface area contributed by atoms with E-state index >= 15 is 0 Å². The highest BCUT2D eigenvalue weighted by molar-refractivity contribution is 5.64. The minimum Gasteiger partial charge on any atom is -0.497 e. The molecule has 0 aliphatic heterocycles. The van der Waals surface area contributed by atoms with Crippen LogP contribution in [0.25, 0.3) is 11.3 Å². The normalized spacial score (nSPS) is 12.4. The second-order valence-electron chi connectivity index (χ2n) is 3.72. The Balaban J connectivity index is 2.46. The number of aromatic amines is 1. The maximum absolute atomic E-state index is 5.88. The maximum Gasteiger partial charge on any atom is 0.119 e. The molecule has 1 unspecified atom stereocenters. The standard InChI is InChI=1S/C12H15N3O/c1-8(13)11-7-14-15-12(11)9-4-3-5-10(6-9)16-2/h3-8H,13H2,1-2H3,(H,14,15). The smallest absolute Gasteiger partial charge is 0.119 e. The number of nitrogens with zero attached hydrogens (tertiary/aromatic N) is 1. The third-order valence-electron chi connectivity index (χ3n) is 2.52. The number of rotatable bonds is 3. The zero-order valence-electron chi connectivity index (χ0n) is 9.40. The van der Waals surface area contributed by atoms with Crippen LogP contribution in [0.4, 0.5) is 0 Å². The first-order valence-electron chi connectivity index (χ1n) is 5.15. The molecule has 2 aromatic rings. The fourth-order valence-electron chi connectivity index (χ4n) is 1.65. The number of methoxy groups -OCH3 is 1. The Labute approximate surface area is 94.4 Å². The molecule has 1 aromatic carbocycles. The molecule has 1 aromatic heterocycles. The van der Waals surface area contributed by atoms with Crippen LogP contribution < -0.4 is 10.5 Å². The number of benzene rings is 1. The van der Waals surface area contributed by atoms with Crippen molar-refractivity contribution < 1.29 is 4.74 Å². The average Bonchev–Trinajstić information content (AvgIpc) is 2.78. The van der Waals surface area contributed by atoms with Gasteiger partial charge in [0.05, 0.1) is 19.0 Å². The van der Waals surface area contributed by atoms with Gasteiger partial charge >= 0.3 is 0 Å². The minimum absolute atomic E-state index is 0.0417. The maximum atomic E-state index is 5.88. The molecule has 16 heavy (non-hydrogen) atoms. The lowest BCUT2D eigenvalue weighted by atomic mass is 10.0. The van der Waals surface area contributed by atoms with Gasteiger partial charge in [0.15, 0.2) is 0 Å². The zero-order chi connectivity index (χ0) is 11.5. The molecule has 0 saturated carbocycles. The number of ether oxygens (including phenoxy) is 1. The topological polar surface area (TPSA) is 63.9 Å². The molecule has 0 saturated heterocycles. The third kappa shape index (κ3) is 1.92. The highest BCUT2D eigenvalue weighted by Crippen LogP contribution is 2.27. The lowest BCUT2D eigenvalue weighted by molar-refractivity contribution is 0.415. The SMILES string of the molecule is COc1cccc(-c2[nH]ncc2C(C)N)c1. The van der Waals surface area contributed by atoms with E-state index in [-0.39, 0.29) is 6.04 Å². The van der Waals surface area contributed by atoms with E-state index in [2.05, 4.69) is 10.2 Å². The fourth-order valence-corrected chi connectivity index (χ4v) is 1.65. The number of H-pyrrole nitrogens is 1. The molecule has 4 heteroatoms. The summed E-state index contributed by atoms with van der Waals surface area (Å²) in [5.41, 5.74) is 8.87. The summed E-state index contributed by atoms with van der Waals surface area (Å²) in [5, 5.41) is 7.00. The van der Waals surface area contributed by atoms with Gasteiger partial charge in [0.2, 0.25) is 0 Å². The van der Waals surface area contributed by atoms with Gasteiger partial charge in [-0.3, -0.25) is 5.10 Å². The van der Waals surface area contributed by atoms with Crippen molar-refractivity contribution in [3.63, 3.8) is 0 Å². The minimum atomic E-state index is -0.0417. The van der Waals surface area contributed by atoms with Gasteiger partial charge in [0, 0.05) is 17.2 Å². The van der Waals surface area contributed by atoms with Crippen molar-refractivity contribution in [1.29, 1.82) is 0 Å². The Morgan fingerprint density at radius 1 is 1.44 bits per heavy atom. The van der Waals surface area contributed by atoms with Crippen molar-refractivity contribution in [3.8, 4) is 17.0 Å². The van der Waals surface area contributed by atoms with E-state index in [4.69, 9.17) is 10.5 Å². The lowest BCUT2D eigenvalue weighted by Gasteiger charge is -2.07. The summed E-state index contributed by atoms with van der Waals surface area (Å²) in [4.78, 5) is 0. The Morgan fingerprint density at radius 3 is 2.94 bits per heavy atom. The number of nitrogens with one attached hydrogen (secondary N) is 1. The Morgan fingerprint density at radius 2 is 2.25 bits per heavy atom. The number of hydrogen-bond donors (Lipinski definition) is 2. The molecule has 0 bridgehead atoms. The van der Waals surface area contributed by atoms with Crippen LogP contribution in [0.5, 0.6) is 5.75 Å². The molecule has 0 radical (unpaired) electrons. The Kier molecular flexibility index (Phi) is 2.92. The quantitative estimate of drug-likeness (QED) is 0.827. The molecule has 3 N–H and O–H groups in total. The molecule has 0 aliphatic rings. The largest absolute Gasteiger partial charge is 0.497 e. The van der Waals surface area contributed by atoms with Crippen molar-refractivity contribution >= 4 is 0 Å². The Hall–Kier alpha value is -1.81. The van der Waals surface area contributed by atoms with Gasteiger partial charge in [-0.15, -0.1) is 0 Å². The van der Waals surface area contributed by atoms with Gasteiger partial charge in [0.25, 0.3) is 0 Å². The van der Waals surface area contributed by atoms with Gasteiger partial charge in [-0.2, -0.15) is 5.10 Å². The summed E-state index contributed by atoms with van der Waals surface area (Å²) in [5.74, 6) is 0.822. The van der Waals surface area contributed by atoms with E-state index in [1.54, 1.807) is 13.3 Å². The molecule has 1 heterocycles. The highest BCUT2D eigenvalue weighted by atomic mass is 16.5. The van der Waals surface area contributed by atoms with Crippen molar-refractivity contribution in [1.82, 2.24) is 10.2 Å². The van der Waals surface area contributed by atoms with E-state index in [0.29, 0.717) is 0 Å².